The molecule has 0 radical (unpaired) electrons. The van der Waals surface area contributed by atoms with Gasteiger partial charge in [0, 0.05) is 36.4 Å². The summed E-state index contributed by atoms with van der Waals surface area (Å²) in [5.74, 6) is 0. The first-order valence-electron chi connectivity index (χ1n) is 6.62. The number of pyridine rings is 1. The Kier molecular flexibility index (Phi) is 3.23. The molecular weight excluding hydrogens is 258 g/mol. The molecule has 1 aromatic heterocycles. The van der Waals surface area contributed by atoms with Crippen LogP contribution in [-0.4, -0.2) is 34.2 Å². The van der Waals surface area contributed by atoms with Crippen LogP contribution in [0.4, 0.5) is 11.4 Å². The van der Waals surface area contributed by atoms with Crippen molar-refractivity contribution in [3.63, 3.8) is 0 Å². The maximum Gasteiger partial charge on any atom is 0.295 e. The molecule has 3 rings (SSSR count). The zero-order chi connectivity index (χ0) is 14.1. The smallest absolute Gasteiger partial charge is 0.295 e. The zero-order valence-electron chi connectivity index (χ0n) is 10.9. The van der Waals surface area contributed by atoms with Crippen LogP contribution in [0, 0.1) is 10.1 Å². The van der Waals surface area contributed by atoms with E-state index in [1.54, 1.807) is 18.3 Å². The zero-order valence-corrected chi connectivity index (χ0v) is 10.9. The monoisotopic (exact) mass is 273 g/mol. The van der Waals surface area contributed by atoms with Crippen LogP contribution in [0.2, 0.25) is 0 Å². The Hall–Kier alpha value is -2.21. The third-order valence-corrected chi connectivity index (χ3v) is 3.73. The van der Waals surface area contributed by atoms with Crippen LogP contribution in [0.1, 0.15) is 12.8 Å². The number of anilines is 1. The lowest BCUT2D eigenvalue weighted by Crippen LogP contribution is -2.35. The minimum absolute atomic E-state index is 0.0291. The van der Waals surface area contributed by atoms with Gasteiger partial charge in [-0.2, -0.15) is 0 Å². The predicted octanol–water partition coefficient (Wildman–Crippen LogP) is 2.10. The molecule has 0 bridgehead atoms. The summed E-state index contributed by atoms with van der Waals surface area (Å²) in [4.78, 5) is 17.0. The molecule has 2 aromatic rings. The second-order valence-electron chi connectivity index (χ2n) is 4.98. The number of aliphatic hydroxyl groups is 1. The van der Waals surface area contributed by atoms with Gasteiger partial charge in [0.05, 0.1) is 11.0 Å². The molecule has 0 aliphatic carbocycles. The molecule has 0 saturated carbocycles. The summed E-state index contributed by atoms with van der Waals surface area (Å²) in [6.45, 7) is 1.51. The third-order valence-electron chi connectivity index (χ3n) is 3.73. The SMILES string of the molecule is O=[N+]([O-])c1ccc(N2CCC(O)CC2)c2cccnc12. The van der Waals surface area contributed by atoms with Gasteiger partial charge in [0.2, 0.25) is 0 Å². The van der Waals surface area contributed by atoms with Gasteiger partial charge in [-0.3, -0.25) is 10.1 Å². The second kappa shape index (κ2) is 5.05. The van der Waals surface area contributed by atoms with Crippen molar-refractivity contribution in [3.8, 4) is 0 Å². The number of hydrogen-bond donors (Lipinski definition) is 1. The third kappa shape index (κ3) is 2.18. The molecule has 1 saturated heterocycles. The van der Waals surface area contributed by atoms with Gasteiger partial charge in [0.25, 0.3) is 5.69 Å². The number of piperidine rings is 1. The van der Waals surface area contributed by atoms with E-state index in [0.717, 1.165) is 37.0 Å². The highest BCUT2D eigenvalue weighted by molar-refractivity contribution is 5.97. The van der Waals surface area contributed by atoms with Gasteiger partial charge in [-0.05, 0) is 31.0 Å². The molecule has 1 aliphatic heterocycles. The summed E-state index contributed by atoms with van der Waals surface area (Å²) in [5.41, 5.74) is 1.40. The fourth-order valence-electron chi connectivity index (χ4n) is 2.67. The Morgan fingerprint density at radius 2 is 2.05 bits per heavy atom. The molecule has 20 heavy (non-hydrogen) atoms. The Labute approximate surface area is 115 Å². The fraction of sp³-hybridized carbons (Fsp3) is 0.357. The highest BCUT2D eigenvalue weighted by Gasteiger charge is 2.22. The fourth-order valence-corrected chi connectivity index (χ4v) is 2.67. The number of fused-ring (bicyclic) bond motifs is 1. The molecule has 0 unspecified atom stereocenters. The van der Waals surface area contributed by atoms with E-state index in [1.165, 1.54) is 6.07 Å². The average molecular weight is 273 g/mol. The van der Waals surface area contributed by atoms with E-state index >= 15 is 0 Å². The van der Waals surface area contributed by atoms with Crippen LogP contribution in [0.3, 0.4) is 0 Å². The lowest BCUT2D eigenvalue weighted by Gasteiger charge is -2.32. The van der Waals surface area contributed by atoms with Gasteiger partial charge >= 0.3 is 0 Å². The number of aromatic nitrogens is 1. The second-order valence-corrected chi connectivity index (χ2v) is 4.98. The van der Waals surface area contributed by atoms with E-state index < -0.39 is 4.92 Å². The average Bonchev–Trinajstić information content (AvgIpc) is 2.47. The van der Waals surface area contributed by atoms with Crippen LogP contribution in [0.25, 0.3) is 10.9 Å². The van der Waals surface area contributed by atoms with Crippen LogP contribution >= 0.6 is 0 Å². The van der Waals surface area contributed by atoms with E-state index in [0.29, 0.717) is 5.52 Å². The van der Waals surface area contributed by atoms with Crippen molar-refractivity contribution in [2.75, 3.05) is 18.0 Å². The molecule has 6 heteroatoms. The largest absolute Gasteiger partial charge is 0.393 e. The normalized spacial score (nSPS) is 16.6. The van der Waals surface area contributed by atoms with Crippen LogP contribution in [-0.2, 0) is 0 Å². The number of nitrogens with zero attached hydrogens (tertiary/aromatic N) is 3. The van der Waals surface area contributed by atoms with Gasteiger partial charge in [-0.25, -0.2) is 4.98 Å². The molecule has 0 amide bonds. The lowest BCUT2D eigenvalue weighted by molar-refractivity contribution is -0.383. The van der Waals surface area contributed by atoms with Crippen molar-refractivity contribution < 1.29 is 10.0 Å². The molecular formula is C14H15N3O3. The first-order chi connectivity index (χ1) is 9.66. The number of nitro groups is 1. The van der Waals surface area contributed by atoms with Crippen LogP contribution < -0.4 is 4.90 Å². The number of rotatable bonds is 2. The highest BCUT2D eigenvalue weighted by atomic mass is 16.6. The standard InChI is InChI=1S/C14H15N3O3/c18-10-5-8-16(9-6-10)12-3-4-13(17(19)20)14-11(12)2-1-7-15-14/h1-4,7,10,18H,5-6,8-9H2. The Bertz CT molecular complexity index is 651. The quantitative estimate of drug-likeness (QED) is 0.669. The maximum atomic E-state index is 11.1. The van der Waals surface area contributed by atoms with Gasteiger partial charge in [-0.1, -0.05) is 0 Å². The van der Waals surface area contributed by atoms with Gasteiger partial charge in [0.1, 0.15) is 5.52 Å². The number of nitro benzene ring substituents is 1. The van der Waals surface area contributed by atoms with Gasteiger partial charge in [-0.15, -0.1) is 0 Å². The number of benzene rings is 1. The molecule has 2 heterocycles. The molecule has 1 aliphatic rings. The summed E-state index contributed by atoms with van der Waals surface area (Å²) in [7, 11) is 0. The maximum absolute atomic E-state index is 11.1. The summed E-state index contributed by atoms with van der Waals surface area (Å²) in [6.07, 6.45) is 2.77. The molecule has 1 fully saturated rings. The summed E-state index contributed by atoms with van der Waals surface area (Å²) < 4.78 is 0. The van der Waals surface area contributed by atoms with Crippen molar-refractivity contribution in [1.82, 2.24) is 4.98 Å². The van der Waals surface area contributed by atoms with E-state index in [2.05, 4.69) is 9.88 Å². The minimum Gasteiger partial charge on any atom is -0.393 e. The Balaban J connectivity index is 2.08. The topological polar surface area (TPSA) is 79.5 Å². The van der Waals surface area contributed by atoms with E-state index in [-0.39, 0.29) is 11.8 Å². The summed E-state index contributed by atoms with van der Waals surface area (Å²) >= 11 is 0. The van der Waals surface area contributed by atoms with Crippen molar-refractivity contribution >= 4 is 22.3 Å². The molecule has 6 nitrogen and oxygen atoms in total. The Morgan fingerprint density at radius 1 is 1.30 bits per heavy atom. The number of non-ortho nitro benzene ring substituents is 1. The summed E-state index contributed by atoms with van der Waals surface area (Å²) in [6, 6.07) is 6.93. The van der Waals surface area contributed by atoms with Crippen LogP contribution in [0.5, 0.6) is 0 Å². The number of hydrogen-bond acceptors (Lipinski definition) is 5. The first kappa shape index (κ1) is 12.8. The van der Waals surface area contributed by atoms with E-state index in [9.17, 15) is 15.2 Å². The van der Waals surface area contributed by atoms with Gasteiger partial charge in [0.15, 0.2) is 0 Å². The Morgan fingerprint density at radius 3 is 2.75 bits per heavy atom. The molecule has 1 N–H and O–H groups in total. The molecule has 0 spiro atoms. The van der Waals surface area contributed by atoms with E-state index in [1.807, 2.05) is 6.07 Å². The van der Waals surface area contributed by atoms with Crippen molar-refractivity contribution in [1.29, 1.82) is 0 Å². The minimum atomic E-state index is -0.404. The first-order valence-corrected chi connectivity index (χ1v) is 6.62. The van der Waals surface area contributed by atoms with Crippen LogP contribution in [0.15, 0.2) is 30.5 Å². The lowest BCUT2D eigenvalue weighted by atomic mass is 10.0. The van der Waals surface area contributed by atoms with Crippen molar-refractivity contribution in [2.24, 2.45) is 0 Å². The van der Waals surface area contributed by atoms with Crippen molar-refractivity contribution in [2.45, 2.75) is 18.9 Å². The van der Waals surface area contributed by atoms with E-state index in [4.69, 9.17) is 0 Å². The predicted molar refractivity (Wildman–Crippen MR) is 75.9 cm³/mol. The summed E-state index contributed by atoms with van der Waals surface area (Å²) in [5, 5.41) is 21.4. The highest BCUT2D eigenvalue weighted by Crippen LogP contribution is 2.33. The molecule has 0 atom stereocenters. The number of aliphatic hydroxyl groups excluding tert-OH is 1. The van der Waals surface area contributed by atoms with Gasteiger partial charge < -0.3 is 10.0 Å². The van der Waals surface area contributed by atoms with Crippen molar-refractivity contribution in [3.05, 3.63) is 40.6 Å². The molecule has 104 valence electrons. The molecule has 1 aromatic carbocycles.